The maximum absolute atomic E-state index is 12.4. The van der Waals surface area contributed by atoms with E-state index in [4.69, 9.17) is 4.74 Å². The molecule has 1 N–H and O–H groups in total. The highest BCUT2D eigenvalue weighted by Gasteiger charge is 2.30. The average molecular weight is 376 g/mol. The van der Waals surface area contributed by atoms with Gasteiger partial charge in [0, 0.05) is 38.9 Å². The fourth-order valence-electron chi connectivity index (χ4n) is 3.45. The summed E-state index contributed by atoms with van der Waals surface area (Å²) in [5.74, 6) is -0.265. The van der Waals surface area contributed by atoms with E-state index in [9.17, 15) is 19.7 Å². The molecule has 146 valence electrons. The number of nitrogens with zero attached hydrogens (tertiary/aromatic N) is 3. The minimum absolute atomic E-state index is 0.0344. The molecule has 2 saturated heterocycles. The highest BCUT2D eigenvalue weighted by molar-refractivity contribution is 5.95. The molecule has 2 fully saturated rings. The molecular formula is C18H24N4O5. The van der Waals surface area contributed by atoms with E-state index in [-0.39, 0.29) is 35.8 Å². The molecule has 0 aliphatic carbocycles. The van der Waals surface area contributed by atoms with E-state index in [1.54, 1.807) is 24.0 Å². The monoisotopic (exact) mass is 376 g/mol. The van der Waals surface area contributed by atoms with Crippen LogP contribution >= 0.6 is 0 Å². The molecular weight excluding hydrogens is 352 g/mol. The Morgan fingerprint density at radius 1 is 1.30 bits per heavy atom. The third-order valence-corrected chi connectivity index (χ3v) is 4.97. The molecule has 2 heterocycles. The van der Waals surface area contributed by atoms with Crippen molar-refractivity contribution < 1.29 is 19.2 Å². The average Bonchev–Trinajstić information content (AvgIpc) is 3.18. The zero-order valence-electron chi connectivity index (χ0n) is 15.3. The summed E-state index contributed by atoms with van der Waals surface area (Å²) in [5.41, 5.74) is 0.763. The van der Waals surface area contributed by atoms with Gasteiger partial charge < -0.3 is 15.0 Å². The number of piperazine rings is 1. The molecule has 2 amide bonds. The first-order chi connectivity index (χ1) is 13.0. The highest BCUT2D eigenvalue weighted by Crippen LogP contribution is 2.27. The van der Waals surface area contributed by atoms with Crippen LogP contribution in [-0.4, -0.2) is 72.0 Å². The van der Waals surface area contributed by atoms with Gasteiger partial charge in [0.2, 0.25) is 5.91 Å². The van der Waals surface area contributed by atoms with Gasteiger partial charge in [-0.3, -0.25) is 24.6 Å². The Balaban J connectivity index is 1.51. The van der Waals surface area contributed by atoms with Crippen molar-refractivity contribution in [3.63, 3.8) is 0 Å². The van der Waals surface area contributed by atoms with Crippen molar-refractivity contribution in [2.24, 2.45) is 0 Å². The predicted molar refractivity (Wildman–Crippen MR) is 98.5 cm³/mol. The van der Waals surface area contributed by atoms with Crippen LogP contribution in [0.1, 0.15) is 18.4 Å². The Bertz CT molecular complexity index is 724. The molecule has 1 aromatic rings. The molecule has 2 aliphatic heterocycles. The number of nitro benzene ring substituents is 1. The van der Waals surface area contributed by atoms with E-state index in [1.807, 2.05) is 4.90 Å². The number of para-hydroxylation sites is 1. The van der Waals surface area contributed by atoms with Gasteiger partial charge in [0.25, 0.3) is 11.6 Å². The van der Waals surface area contributed by atoms with Gasteiger partial charge in [0.1, 0.15) is 11.8 Å². The van der Waals surface area contributed by atoms with Gasteiger partial charge in [0.05, 0.1) is 11.5 Å². The third-order valence-electron chi connectivity index (χ3n) is 4.97. The number of carbonyl (C=O) groups is 2. The van der Waals surface area contributed by atoms with Crippen molar-refractivity contribution in [3.05, 3.63) is 33.9 Å². The number of amides is 2. The Labute approximate surface area is 157 Å². The Morgan fingerprint density at radius 2 is 2.04 bits per heavy atom. The van der Waals surface area contributed by atoms with Crippen molar-refractivity contribution >= 4 is 23.2 Å². The molecule has 1 unspecified atom stereocenters. The van der Waals surface area contributed by atoms with Crippen molar-refractivity contribution in [3.8, 4) is 0 Å². The maximum atomic E-state index is 12.4. The molecule has 27 heavy (non-hydrogen) atoms. The number of ether oxygens (including phenoxy) is 1. The van der Waals surface area contributed by atoms with Crippen LogP contribution in [0.25, 0.3) is 0 Å². The zero-order chi connectivity index (χ0) is 19.4. The number of anilines is 1. The fraction of sp³-hybridized carbons (Fsp3) is 0.556. The van der Waals surface area contributed by atoms with Gasteiger partial charge in [-0.25, -0.2) is 0 Å². The quantitative estimate of drug-likeness (QED) is 0.611. The summed E-state index contributed by atoms with van der Waals surface area (Å²) in [7, 11) is 0. The van der Waals surface area contributed by atoms with Gasteiger partial charge in [0.15, 0.2) is 0 Å². The molecule has 9 heteroatoms. The van der Waals surface area contributed by atoms with Crippen LogP contribution in [0, 0.1) is 17.0 Å². The lowest BCUT2D eigenvalue weighted by Crippen LogP contribution is -2.52. The van der Waals surface area contributed by atoms with Crippen molar-refractivity contribution in [2.75, 3.05) is 44.6 Å². The van der Waals surface area contributed by atoms with Gasteiger partial charge in [-0.2, -0.15) is 0 Å². The lowest BCUT2D eigenvalue weighted by Gasteiger charge is -2.35. The number of aryl methyl sites for hydroxylation is 1. The first-order valence-electron chi connectivity index (χ1n) is 9.12. The van der Waals surface area contributed by atoms with E-state index < -0.39 is 4.92 Å². The van der Waals surface area contributed by atoms with Crippen LogP contribution in [0.3, 0.4) is 0 Å². The van der Waals surface area contributed by atoms with Crippen LogP contribution < -0.4 is 5.32 Å². The van der Waals surface area contributed by atoms with Crippen molar-refractivity contribution in [1.82, 2.24) is 9.80 Å². The molecule has 0 bridgehead atoms. The molecule has 0 aromatic heterocycles. The van der Waals surface area contributed by atoms with E-state index in [0.717, 1.165) is 12.8 Å². The van der Waals surface area contributed by atoms with Gasteiger partial charge in [-0.1, -0.05) is 12.1 Å². The van der Waals surface area contributed by atoms with Crippen LogP contribution in [0.5, 0.6) is 0 Å². The maximum Gasteiger partial charge on any atom is 0.293 e. The zero-order valence-corrected chi connectivity index (χ0v) is 15.3. The van der Waals surface area contributed by atoms with Gasteiger partial charge in [-0.05, 0) is 25.3 Å². The first-order valence-corrected chi connectivity index (χ1v) is 9.12. The lowest BCUT2D eigenvalue weighted by molar-refractivity contribution is -0.384. The lowest BCUT2D eigenvalue weighted by atomic mass is 10.1. The molecule has 3 rings (SSSR count). The van der Waals surface area contributed by atoms with Crippen molar-refractivity contribution in [2.45, 2.75) is 25.9 Å². The summed E-state index contributed by atoms with van der Waals surface area (Å²) in [6.07, 6.45) is 1.37. The van der Waals surface area contributed by atoms with Crippen LogP contribution in [0.4, 0.5) is 11.4 Å². The van der Waals surface area contributed by atoms with E-state index in [1.165, 1.54) is 6.07 Å². The second-order valence-electron chi connectivity index (χ2n) is 6.88. The number of carbonyl (C=O) groups excluding carboxylic acids is 2. The van der Waals surface area contributed by atoms with Gasteiger partial charge >= 0.3 is 0 Å². The summed E-state index contributed by atoms with van der Waals surface area (Å²) >= 11 is 0. The van der Waals surface area contributed by atoms with Crippen molar-refractivity contribution in [1.29, 1.82) is 0 Å². The first kappa shape index (κ1) is 19.2. The number of rotatable bonds is 5. The topological polar surface area (TPSA) is 105 Å². The molecule has 2 aliphatic rings. The standard InChI is InChI=1S/C18H24N4O5/c1-13-4-2-5-14(22(25)26)17(13)19-16(23)12-20-7-9-21(10-8-20)18(24)15-6-3-11-27-15/h2,4-5,15H,3,6-12H2,1H3,(H,19,23). The Morgan fingerprint density at radius 3 is 2.67 bits per heavy atom. The number of nitro groups is 1. The minimum atomic E-state index is -0.502. The summed E-state index contributed by atoms with van der Waals surface area (Å²) in [4.78, 5) is 39.1. The Hall–Kier alpha value is -2.52. The minimum Gasteiger partial charge on any atom is -0.368 e. The second-order valence-corrected chi connectivity index (χ2v) is 6.88. The molecule has 0 saturated carbocycles. The summed E-state index contributed by atoms with van der Waals surface area (Å²) in [6, 6.07) is 4.68. The molecule has 9 nitrogen and oxygen atoms in total. The molecule has 0 radical (unpaired) electrons. The number of hydrogen-bond acceptors (Lipinski definition) is 6. The smallest absolute Gasteiger partial charge is 0.293 e. The van der Waals surface area contributed by atoms with E-state index >= 15 is 0 Å². The largest absolute Gasteiger partial charge is 0.368 e. The van der Waals surface area contributed by atoms with Gasteiger partial charge in [-0.15, -0.1) is 0 Å². The number of benzene rings is 1. The second kappa shape index (κ2) is 8.45. The van der Waals surface area contributed by atoms with E-state index in [0.29, 0.717) is 38.3 Å². The number of nitrogens with one attached hydrogen (secondary N) is 1. The highest BCUT2D eigenvalue weighted by atomic mass is 16.6. The van der Waals surface area contributed by atoms with Crippen LogP contribution in [0.2, 0.25) is 0 Å². The summed E-state index contributed by atoms with van der Waals surface area (Å²) in [6.45, 7) is 4.77. The molecule has 0 spiro atoms. The van der Waals surface area contributed by atoms with Crippen LogP contribution in [0.15, 0.2) is 18.2 Å². The third kappa shape index (κ3) is 4.61. The Kier molecular flexibility index (Phi) is 6.02. The molecule has 1 aromatic carbocycles. The summed E-state index contributed by atoms with van der Waals surface area (Å²) < 4.78 is 5.44. The predicted octanol–water partition coefficient (Wildman–Crippen LogP) is 1.16. The van der Waals surface area contributed by atoms with Crippen LogP contribution in [-0.2, 0) is 14.3 Å². The summed E-state index contributed by atoms with van der Waals surface area (Å²) in [5, 5.41) is 13.8. The molecule has 1 atom stereocenters. The van der Waals surface area contributed by atoms with E-state index in [2.05, 4.69) is 5.32 Å². The normalized spacial score (nSPS) is 20.5. The fourth-order valence-corrected chi connectivity index (χ4v) is 3.45. The SMILES string of the molecule is Cc1cccc([N+](=O)[O-])c1NC(=O)CN1CCN(C(=O)C2CCCO2)CC1. The number of hydrogen-bond donors (Lipinski definition) is 1.